The van der Waals surface area contributed by atoms with E-state index < -0.39 is 6.10 Å². The van der Waals surface area contributed by atoms with Crippen LogP contribution in [0, 0.1) is 0 Å². The zero-order valence-corrected chi connectivity index (χ0v) is 45.6. The van der Waals surface area contributed by atoms with Gasteiger partial charge in [-0.05, 0) is 109 Å². The summed E-state index contributed by atoms with van der Waals surface area (Å²) in [5.41, 5.74) is 0. The van der Waals surface area contributed by atoms with E-state index in [9.17, 15) is 14.4 Å². The SMILES string of the molecule is CC/C=C\C/C=C\C/C=C\C/C=C\CCCCC(=O)OC[C@H](COC(=O)CCCCCCCCC/C=C\CCCCCCCCCC)OC(=O)CCCCCCCCC/C=C\CCCCCCCC. The number of ether oxygens (including phenoxy) is 3. The molecule has 6 nitrogen and oxygen atoms in total. The van der Waals surface area contributed by atoms with Crippen LogP contribution >= 0.6 is 0 Å². The van der Waals surface area contributed by atoms with E-state index in [0.29, 0.717) is 19.3 Å². The lowest BCUT2D eigenvalue weighted by Gasteiger charge is -2.18. The second-order valence-corrected chi connectivity index (χ2v) is 19.5. The van der Waals surface area contributed by atoms with Crippen LogP contribution < -0.4 is 0 Å². The maximum Gasteiger partial charge on any atom is 0.306 e. The molecule has 0 amide bonds. The molecule has 0 rings (SSSR count). The lowest BCUT2D eigenvalue weighted by molar-refractivity contribution is -0.167. The van der Waals surface area contributed by atoms with Crippen LogP contribution in [0.25, 0.3) is 0 Å². The van der Waals surface area contributed by atoms with E-state index >= 15 is 0 Å². The molecular formula is C63H110O6. The van der Waals surface area contributed by atoms with Gasteiger partial charge in [-0.25, -0.2) is 0 Å². The standard InChI is InChI=1S/C63H110O6/c1-4-7-10-13-16-19-22-25-28-30-31-33-35-38-41-44-47-50-53-56-62(65)68-59-60(58-67-61(64)55-52-49-46-43-40-37-34-27-24-21-18-15-12-9-6-3)69-63(66)57-54-51-48-45-42-39-36-32-29-26-23-20-17-14-11-8-5-2/h9,12,18,21,26-27,29-31,34,40,43,60H,4-8,10-11,13-17,19-20,22-25,28,32-33,35-39,41-42,44-59H2,1-3H3/b12-9-,21-18-,29-26-,31-30-,34-27-,43-40-/t60-/m1/s1. The van der Waals surface area contributed by atoms with Crippen LogP contribution in [-0.2, 0) is 28.6 Å². The van der Waals surface area contributed by atoms with Gasteiger partial charge in [0.05, 0.1) is 0 Å². The number of unbranched alkanes of at least 4 members (excludes halogenated alkanes) is 30. The monoisotopic (exact) mass is 963 g/mol. The predicted octanol–water partition coefficient (Wildman–Crippen LogP) is 19.8. The molecule has 0 aliphatic carbocycles. The Hall–Kier alpha value is -3.15. The number of allylic oxidation sites excluding steroid dienone is 12. The van der Waals surface area contributed by atoms with Crippen LogP contribution in [0.4, 0.5) is 0 Å². The summed E-state index contributed by atoms with van der Waals surface area (Å²) in [6.45, 7) is 6.50. The normalized spacial score (nSPS) is 12.6. The minimum Gasteiger partial charge on any atom is -0.462 e. The Balaban J connectivity index is 4.42. The predicted molar refractivity (Wildman–Crippen MR) is 298 cm³/mol. The van der Waals surface area contributed by atoms with Gasteiger partial charge in [0.1, 0.15) is 13.2 Å². The van der Waals surface area contributed by atoms with Gasteiger partial charge in [0.15, 0.2) is 6.10 Å². The molecule has 69 heavy (non-hydrogen) atoms. The van der Waals surface area contributed by atoms with Gasteiger partial charge >= 0.3 is 17.9 Å². The Kier molecular flexibility index (Phi) is 54.8. The van der Waals surface area contributed by atoms with E-state index in [0.717, 1.165) is 83.5 Å². The van der Waals surface area contributed by atoms with E-state index in [1.54, 1.807) is 0 Å². The molecule has 0 N–H and O–H groups in total. The van der Waals surface area contributed by atoms with Gasteiger partial charge < -0.3 is 14.2 Å². The summed E-state index contributed by atoms with van der Waals surface area (Å²) in [4.78, 5) is 38.2. The summed E-state index contributed by atoms with van der Waals surface area (Å²) < 4.78 is 16.8. The first-order chi connectivity index (χ1) is 34.0. The van der Waals surface area contributed by atoms with Crippen molar-refractivity contribution in [1.82, 2.24) is 0 Å². The maximum absolute atomic E-state index is 12.9. The van der Waals surface area contributed by atoms with E-state index in [1.807, 2.05) is 0 Å². The van der Waals surface area contributed by atoms with E-state index in [1.165, 1.54) is 167 Å². The Morgan fingerprint density at radius 3 is 0.928 bits per heavy atom. The first-order valence-electron chi connectivity index (χ1n) is 29.4. The summed E-state index contributed by atoms with van der Waals surface area (Å²) in [5, 5.41) is 0. The molecule has 398 valence electrons. The number of carbonyl (C=O) groups excluding carboxylic acids is 3. The fourth-order valence-corrected chi connectivity index (χ4v) is 8.25. The first-order valence-corrected chi connectivity index (χ1v) is 29.4. The minimum atomic E-state index is -0.797. The fraction of sp³-hybridized carbons (Fsp3) is 0.762. The first kappa shape index (κ1) is 65.8. The molecule has 0 aromatic heterocycles. The molecule has 0 bridgehead atoms. The van der Waals surface area contributed by atoms with E-state index in [-0.39, 0.29) is 31.1 Å². The van der Waals surface area contributed by atoms with Crippen molar-refractivity contribution in [2.75, 3.05) is 13.2 Å². The molecule has 0 spiro atoms. The zero-order valence-electron chi connectivity index (χ0n) is 45.6. The molecule has 0 unspecified atom stereocenters. The van der Waals surface area contributed by atoms with Crippen LogP contribution in [0.3, 0.4) is 0 Å². The number of hydrogen-bond acceptors (Lipinski definition) is 6. The lowest BCUT2D eigenvalue weighted by atomic mass is 10.1. The summed E-state index contributed by atoms with van der Waals surface area (Å²) in [6, 6.07) is 0. The maximum atomic E-state index is 12.9. The van der Waals surface area contributed by atoms with Crippen molar-refractivity contribution in [2.24, 2.45) is 0 Å². The van der Waals surface area contributed by atoms with Crippen LogP contribution in [0.15, 0.2) is 72.9 Å². The fourth-order valence-electron chi connectivity index (χ4n) is 8.25. The van der Waals surface area contributed by atoms with E-state index in [4.69, 9.17) is 14.2 Å². The minimum absolute atomic E-state index is 0.0918. The molecule has 0 heterocycles. The lowest BCUT2D eigenvalue weighted by Crippen LogP contribution is -2.30. The van der Waals surface area contributed by atoms with Gasteiger partial charge in [-0.2, -0.15) is 0 Å². The van der Waals surface area contributed by atoms with Crippen LogP contribution in [0.5, 0.6) is 0 Å². The number of rotatable bonds is 53. The van der Waals surface area contributed by atoms with Gasteiger partial charge in [-0.3, -0.25) is 14.4 Å². The Morgan fingerprint density at radius 1 is 0.304 bits per heavy atom. The highest BCUT2D eigenvalue weighted by Crippen LogP contribution is 2.15. The van der Waals surface area contributed by atoms with Crippen LogP contribution in [0.2, 0.25) is 0 Å². The molecule has 0 fully saturated rings. The topological polar surface area (TPSA) is 78.9 Å². The second-order valence-electron chi connectivity index (χ2n) is 19.5. The molecule has 0 saturated carbocycles. The zero-order chi connectivity index (χ0) is 50.0. The molecular weight excluding hydrogens is 853 g/mol. The van der Waals surface area contributed by atoms with Crippen molar-refractivity contribution in [3.8, 4) is 0 Å². The largest absolute Gasteiger partial charge is 0.462 e. The molecule has 0 saturated heterocycles. The average molecular weight is 964 g/mol. The van der Waals surface area contributed by atoms with Crippen molar-refractivity contribution < 1.29 is 28.6 Å². The molecule has 1 atom stereocenters. The molecule has 0 radical (unpaired) electrons. The third-order valence-electron chi connectivity index (χ3n) is 12.7. The molecule has 0 aliphatic rings. The summed E-state index contributed by atoms with van der Waals surface area (Å²) in [6.07, 6.45) is 73.2. The van der Waals surface area contributed by atoms with Crippen LogP contribution in [0.1, 0.15) is 290 Å². The van der Waals surface area contributed by atoms with Gasteiger partial charge in [0.25, 0.3) is 0 Å². The quantitative estimate of drug-likeness (QED) is 0.0262. The number of hydrogen-bond donors (Lipinski definition) is 0. The Bertz CT molecular complexity index is 1290. The van der Waals surface area contributed by atoms with Crippen LogP contribution in [-0.4, -0.2) is 37.2 Å². The smallest absolute Gasteiger partial charge is 0.306 e. The summed E-state index contributed by atoms with van der Waals surface area (Å²) >= 11 is 0. The van der Waals surface area contributed by atoms with E-state index in [2.05, 4.69) is 93.7 Å². The molecule has 0 aromatic carbocycles. The molecule has 6 heteroatoms. The Labute approximate surface area is 427 Å². The number of esters is 3. The third kappa shape index (κ3) is 55.6. The van der Waals surface area contributed by atoms with Crippen molar-refractivity contribution in [3.63, 3.8) is 0 Å². The van der Waals surface area contributed by atoms with Gasteiger partial charge in [-0.15, -0.1) is 0 Å². The average Bonchev–Trinajstić information content (AvgIpc) is 3.35. The van der Waals surface area contributed by atoms with Crippen molar-refractivity contribution >= 4 is 17.9 Å². The van der Waals surface area contributed by atoms with Gasteiger partial charge in [0, 0.05) is 19.3 Å². The van der Waals surface area contributed by atoms with Crippen molar-refractivity contribution in [2.45, 2.75) is 297 Å². The van der Waals surface area contributed by atoms with Crippen molar-refractivity contribution in [3.05, 3.63) is 72.9 Å². The van der Waals surface area contributed by atoms with Gasteiger partial charge in [0.2, 0.25) is 0 Å². The highest BCUT2D eigenvalue weighted by molar-refractivity contribution is 5.71. The molecule has 0 aliphatic heterocycles. The van der Waals surface area contributed by atoms with Crippen molar-refractivity contribution in [1.29, 1.82) is 0 Å². The second kappa shape index (κ2) is 57.4. The van der Waals surface area contributed by atoms with Gasteiger partial charge in [-0.1, -0.05) is 235 Å². The highest BCUT2D eigenvalue weighted by Gasteiger charge is 2.19. The summed E-state index contributed by atoms with van der Waals surface area (Å²) in [5.74, 6) is -0.934. The molecule has 0 aromatic rings. The summed E-state index contributed by atoms with van der Waals surface area (Å²) in [7, 11) is 0. The third-order valence-corrected chi connectivity index (χ3v) is 12.7. The number of carbonyl (C=O) groups is 3. The highest BCUT2D eigenvalue weighted by atomic mass is 16.6. The Morgan fingerprint density at radius 2 is 0.565 bits per heavy atom.